The number of hydrogen-bond acceptors (Lipinski definition) is 4. The Labute approximate surface area is 192 Å². The first kappa shape index (κ1) is 20.1. The maximum atomic E-state index is 13.3. The number of halogens is 1. The summed E-state index contributed by atoms with van der Waals surface area (Å²) in [5.41, 5.74) is 3.01. The maximum Gasteiger partial charge on any atom is 0.263 e. The van der Waals surface area contributed by atoms with Crippen LogP contribution in [0.4, 0.5) is 4.39 Å². The smallest absolute Gasteiger partial charge is 0.263 e. The van der Waals surface area contributed by atoms with Crippen LogP contribution in [0.15, 0.2) is 83.8 Å². The van der Waals surface area contributed by atoms with Gasteiger partial charge in [0.1, 0.15) is 11.6 Å². The monoisotopic (exact) mass is 451 g/mol. The van der Waals surface area contributed by atoms with E-state index < -0.39 is 0 Å². The molecule has 34 heavy (non-hydrogen) atoms. The van der Waals surface area contributed by atoms with Gasteiger partial charge in [0, 0.05) is 34.3 Å². The van der Waals surface area contributed by atoms with Crippen LogP contribution in [-0.4, -0.2) is 21.9 Å². The quantitative estimate of drug-likeness (QED) is 0.394. The van der Waals surface area contributed by atoms with E-state index in [4.69, 9.17) is 4.74 Å². The average Bonchev–Trinajstić information content (AvgIpc) is 3.20. The van der Waals surface area contributed by atoms with Crippen molar-refractivity contribution in [2.75, 3.05) is 6.61 Å². The van der Waals surface area contributed by atoms with E-state index in [0.717, 1.165) is 38.3 Å². The van der Waals surface area contributed by atoms with Gasteiger partial charge in [0.15, 0.2) is 6.61 Å². The number of carbonyl (C=O) groups is 1. The molecule has 1 amide bonds. The summed E-state index contributed by atoms with van der Waals surface area (Å²) in [7, 11) is 0. The van der Waals surface area contributed by atoms with Crippen molar-refractivity contribution in [1.29, 1.82) is 0 Å². The molecule has 0 saturated carbocycles. The molecule has 3 aromatic heterocycles. The minimum atomic E-state index is -0.320. The molecule has 166 valence electrons. The average molecular weight is 451 g/mol. The summed E-state index contributed by atoms with van der Waals surface area (Å²) in [6, 6.07) is 20.7. The molecule has 0 saturated heterocycles. The third kappa shape index (κ3) is 3.21. The number of fused-ring (bicyclic) bond motifs is 5. The molecule has 0 radical (unpaired) electrons. The van der Waals surface area contributed by atoms with E-state index in [-0.39, 0.29) is 30.4 Å². The first-order valence-electron chi connectivity index (χ1n) is 10.8. The van der Waals surface area contributed by atoms with Crippen molar-refractivity contribution in [1.82, 2.24) is 14.7 Å². The highest BCUT2D eigenvalue weighted by Gasteiger charge is 2.18. The summed E-state index contributed by atoms with van der Waals surface area (Å²) < 4.78 is 20.4. The number of nitrogens with zero attached hydrogens (tertiary/aromatic N) is 2. The Hall–Kier alpha value is -4.52. The van der Waals surface area contributed by atoms with Gasteiger partial charge in [-0.3, -0.25) is 19.0 Å². The lowest BCUT2D eigenvalue weighted by Crippen LogP contribution is -2.28. The third-order valence-electron chi connectivity index (χ3n) is 6.04. The van der Waals surface area contributed by atoms with E-state index in [1.807, 2.05) is 42.5 Å². The maximum absolute atomic E-state index is 13.3. The zero-order valence-corrected chi connectivity index (χ0v) is 17.9. The molecule has 7 heteroatoms. The van der Waals surface area contributed by atoms with Crippen LogP contribution in [0.1, 0.15) is 5.56 Å². The van der Waals surface area contributed by atoms with Crippen molar-refractivity contribution in [3.05, 3.63) is 101 Å². The lowest BCUT2D eigenvalue weighted by Gasteiger charge is -2.08. The molecule has 6 rings (SSSR count). The Morgan fingerprint density at radius 2 is 1.74 bits per heavy atom. The van der Waals surface area contributed by atoms with Crippen LogP contribution in [0.5, 0.6) is 5.75 Å². The van der Waals surface area contributed by atoms with Crippen molar-refractivity contribution in [3.63, 3.8) is 0 Å². The highest BCUT2D eigenvalue weighted by Crippen LogP contribution is 2.34. The van der Waals surface area contributed by atoms with Gasteiger partial charge in [-0.05, 0) is 48.0 Å². The molecular weight excluding hydrogens is 433 g/mol. The fraction of sp³-hybridized carbons (Fsp3) is 0.0741. The number of benzene rings is 3. The summed E-state index contributed by atoms with van der Waals surface area (Å²) in [5.74, 6) is -0.0908. The Morgan fingerprint density at radius 3 is 2.56 bits per heavy atom. The number of amides is 1. The standard InChI is InChI=1S/C27H18FN3O3/c28-17-7-5-16(6-8-17)14-30-24(32)15-34-18-9-10-23-22(13-18)20-11-12-29-25-19-3-1-2-4-21(19)27(33)31(23)26(20)25/h1-13H,14-15H2,(H,30,32). The number of nitrogens with one attached hydrogen (secondary N) is 1. The first-order chi connectivity index (χ1) is 16.6. The van der Waals surface area contributed by atoms with Gasteiger partial charge in [-0.1, -0.05) is 30.3 Å². The third-order valence-corrected chi connectivity index (χ3v) is 6.04. The fourth-order valence-electron chi connectivity index (χ4n) is 4.44. The van der Waals surface area contributed by atoms with Crippen LogP contribution in [0.3, 0.4) is 0 Å². The highest BCUT2D eigenvalue weighted by molar-refractivity contribution is 6.18. The second-order valence-electron chi connectivity index (χ2n) is 8.11. The van der Waals surface area contributed by atoms with Crippen LogP contribution in [0.2, 0.25) is 0 Å². The zero-order valence-electron chi connectivity index (χ0n) is 17.9. The van der Waals surface area contributed by atoms with Gasteiger partial charge in [0.05, 0.1) is 16.6 Å². The lowest BCUT2D eigenvalue weighted by atomic mass is 10.1. The second-order valence-corrected chi connectivity index (χ2v) is 8.11. The van der Waals surface area contributed by atoms with Crippen LogP contribution in [0, 0.1) is 5.82 Å². The second kappa shape index (κ2) is 7.81. The van der Waals surface area contributed by atoms with Gasteiger partial charge >= 0.3 is 0 Å². The van der Waals surface area contributed by atoms with Crippen LogP contribution in [0.25, 0.3) is 38.1 Å². The molecule has 0 atom stereocenters. The largest absolute Gasteiger partial charge is 0.484 e. The van der Waals surface area contributed by atoms with Crippen LogP contribution < -0.4 is 15.6 Å². The molecular formula is C27H18FN3O3. The molecule has 3 aromatic carbocycles. The Balaban J connectivity index is 1.32. The van der Waals surface area contributed by atoms with E-state index in [2.05, 4.69) is 10.3 Å². The molecule has 0 aliphatic heterocycles. The van der Waals surface area contributed by atoms with Crippen molar-refractivity contribution in [2.45, 2.75) is 6.54 Å². The van der Waals surface area contributed by atoms with Crippen LogP contribution >= 0.6 is 0 Å². The highest BCUT2D eigenvalue weighted by atomic mass is 19.1. The summed E-state index contributed by atoms with van der Waals surface area (Å²) in [5, 5.41) is 5.94. The molecule has 6 aromatic rings. The minimum absolute atomic E-state index is 0.0926. The molecule has 3 heterocycles. The minimum Gasteiger partial charge on any atom is -0.484 e. The number of carbonyl (C=O) groups excluding carboxylic acids is 1. The zero-order chi connectivity index (χ0) is 23.2. The van der Waals surface area contributed by atoms with Gasteiger partial charge in [0.2, 0.25) is 0 Å². The summed E-state index contributed by atoms with van der Waals surface area (Å²) in [6.45, 7) is 0.121. The van der Waals surface area contributed by atoms with Crippen molar-refractivity contribution in [3.8, 4) is 5.75 Å². The summed E-state index contributed by atoms with van der Waals surface area (Å²) in [4.78, 5) is 30.1. The van der Waals surface area contributed by atoms with Gasteiger partial charge < -0.3 is 10.1 Å². The Kier molecular flexibility index (Phi) is 4.62. The molecule has 6 nitrogen and oxygen atoms in total. The number of rotatable bonds is 5. The van der Waals surface area contributed by atoms with Crippen molar-refractivity contribution >= 4 is 44.0 Å². The van der Waals surface area contributed by atoms with E-state index in [1.54, 1.807) is 28.8 Å². The van der Waals surface area contributed by atoms with E-state index in [9.17, 15) is 14.0 Å². The van der Waals surface area contributed by atoms with Gasteiger partial charge in [0.25, 0.3) is 11.5 Å². The summed E-state index contributed by atoms with van der Waals surface area (Å²) in [6.07, 6.45) is 1.74. The SMILES string of the molecule is O=C(COc1ccc2c(c1)c1ccnc3c4ccccc4c(=O)n2c13)NCc1ccc(F)cc1. The topological polar surface area (TPSA) is 72.7 Å². The molecule has 1 N–H and O–H groups in total. The van der Waals surface area contributed by atoms with Gasteiger partial charge in [-0.15, -0.1) is 0 Å². The predicted octanol–water partition coefficient (Wildman–Crippen LogP) is 4.43. The molecule has 0 spiro atoms. The normalized spacial score (nSPS) is 11.6. The molecule has 0 aliphatic rings. The van der Waals surface area contributed by atoms with Crippen molar-refractivity contribution in [2.24, 2.45) is 0 Å². The number of hydrogen-bond donors (Lipinski definition) is 1. The number of aromatic nitrogens is 2. The van der Waals surface area contributed by atoms with Crippen LogP contribution in [-0.2, 0) is 11.3 Å². The van der Waals surface area contributed by atoms with Crippen molar-refractivity contribution < 1.29 is 13.9 Å². The molecule has 0 fully saturated rings. The number of ether oxygens (including phenoxy) is 1. The van der Waals surface area contributed by atoms with E-state index in [1.165, 1.54) is 12.1 Å². The van der Waals surface area contributed by atoms with Gasteiger partial charge in [-0.25, -0.2) is 4.39 Å². The Bertz CT molecular complexity index is 1760. The molecule has 0 bridgehead atoms. The molecule has 0 aliphatic carbocycles. The van der Waals surface area contributed by atoms with E-state index in [0.29, 0.717) is 11.1 Å². The van der Waals surface area contributed by atoms with Gasteiger partial charge in [-0.2, -0.15) is 0 Å². The van der Waals surface area contributed by atoms with E-state index >= 15 is 0 Å². The molecule has 0 unspecified atom stereocenters. The first-order valence-corrected chi connectivity index (χ1v) is 10.8. The predicted molar refractivity (Wildman–Crippen MR) is 129 cm³/mol. The fourth-order valence-corrected chi connectivity index (χ4v) is 4.44. The summed E-state index contributed by atoms with van der Waals surface area (Å²) >= 11 is 0. The number of pyridine rings is 2. The lowest BCUT2D eigenvalue weighted by molar-refractivity contribution is -0.123. The Morgan fingerprint density at radius 1 is 0.941 bits per heavy atom.